The SMILES string of the molecule is CCCCCCCC/C=C\CCCCCCCCCCCC(=O)OCC(COC(=O)CCCCCCCCC)OC(=O)CCCCCCC/C=C\CCCCCCCC. The maximum atomic E-state index is 12.7. The van der Waals surface area contributed by atoms with Crippen molar-refractivity contribution in [2.24, 2.45) is 0 Å². The predicted molar refractivity (Wildman–Crippen MR) is 252 cm³/mol. The molecule has 0 N–H and O–H groups in total. The number of ether oxygens (including phenoxy) is 3. The third kappa shape index (κ3) is 46.8. The lowest BCUT2D eigenvalue weighted by Crippen LogP contribution is -2.30. The third-order valence-corrected chi connectivity index (χ3v) is 11.4. The maximum Gasteiger partial charge on any atom is 0.306 e. The van der Waals surface area contributed by atoms with Crippen molar-refractivity contribution in [1.82, 2.24) is 0 Å². The zero-order valence-electron chi connectivity index (χ0n) is 39.5. The van der Waals surface area contributed by atoms with Crippen LogP contribution in [-0.4, -0.2) is 37.2 Å². The van der Waals surface area contributed by atoms with E-state index in [-0.39, 0.29) is 31.1 Å². The summed E-state index contributed by atoms with van der Waals surface area (Å²) in [5, 5.41) is 0. The van der Waals surface area contributed by atoms with Crippen molar-refractivity contribution < 1.29 is 28.6 Å². The Hall–Kier alpha value is -2.11. The van der Waals surface area contributed by atoms with Crippen LogP contribution in [0.5, 0.6) is 0 Å². The number of carbonyl (C=O) groups excluding carboxylic acids is 3. The van der Waals surface area contributed by atoms with Crippen molar-refractivity contribution >= 4 is 17.9 Å². The summed E-state index contributed by atoms with van der Waals surface area (Å²) >= 11 is 0. The fraction of sp³-hybridized carbons (Fsp3) is 0.868. The van der Waals surface area contributed by atoms with Gasteiger partial charge >= 0.3 is 17.9 Å². The van der Waals surface area contributed by atoms with Gasteiger partial charge in [-0.2, -0.15) is 0 Å². The number of allylic oxidation sites excluding steroid dienone is 4. The van der Waals surface area contributed by atoms with Gasteiger partial charge < -0.3 is 14.2 Å². The molecule has 0 radical (unpaired) electrons. The van der Waals surface area contributed by atoms with Crippen LogP contribution in [0, 0.1) is 0 Å². The van der Waals surface area contributed by atoms with E-state index >= 15 is 0 Å². The summed E-state index contributed by atoms with van der Waals surface area (Å²) in [5.74, 6) is -0.879. The van der Waals surface area contributed by atoms with Gasteiger partial charge in [0.1, 0.15) is 13.2 Å². The molecule has 0 amide bonds. The van der Waals surface area contributed by atoms with E-state index in [1.54, 1.807) is 0 Å². The van der Waals surface area contributed by atoms with E-state index in [4.69, 9.17) is 14.2 Å². The van der Waals surface area contributed by atoms with Crippen LogP contribution in [0.2, 0.25) is 0 Å². The molecule has 0 aliphatic carbocycles. The van der Waals surface area contributed by atoms with Crippen LogP contribution in [0.25, 0.3) is 0 Å². The van der Waals surface area contributed by atoms with Crippen molar-refractivity contribution in [3.05, 3.63) is 24.3 Å². The molecule has 0 aromatic heterocycles. The van der Waals surface area contributed by atoms with E-state index in [2.05, 4.69) is 45.1 Å². The number of esters is 3. The molecule has 59 heavy (non-hydrogen) atoms. The molecule has 0 fully saturated rings. The van der Waals surface area contributed by atoms with Crippen LogP contribution >= 0.6 is 0 Å². The lowest BCUT2D eigenvalue weighted by atomic mass is 10.1. The predicted octanol–water partition coefficient (Wildman–Crippen LogP) is 16.8. The molecule has 0 aromatic rings. The minimum absolute atomic E-state index is 0.0727. The Labute approximate surface area is 366 Å². The minimum atomic E-state index is -0.770. The van der Waals surface area contributed by atoms with Crippen LogP contribution in [0.1, 0.15) is 278 Å². The molecule has 0 aliphatic heterocycles. The Balaban J connectivity index is 4.22. The first-order chi connectivity index (χ1) is 29.0. The molecule has 1 unspecified atom stereocenters. The molecule has 6 heteroatoms. The van der Waals surface area contributed by atoms with Crippen molar-refractivity contribution in [2.75, 3.05) is 13.2 Å². The van der Waals surface area contributed by atoms with Crippen LogP contribution < -0.4 is 0 Å². The van der Waals surface area contributed by atoms with E-state index in [1.807, 2.05) is 0 Å². The highest BCUT2D eigenvalue weighted by atomic mass is 16.6. The zero-order chi connectivity index (χ0) is 43.0. The standard InChI is InChI=1S/C53H98O6/c1-4-7-10-13-16-18-20-22-24-25-26-27-29-30-32-34-37-40-43-46-52(55)58-49-50(48-57-51(54)45-42-39-36-15-12-9-6-3)59-53(56)47-44-41-38-35-33-31-28-23-21-19-17-14-11-8-5-2/h22-24,28,50H,4-21,25-27,29-49H2,1-3H3/b24-22-,28-23-. The normalized spacial score (nSPS) is 12.1. The zero-order valence-corrected chi connectivity index (χ0v) is 39.5. The topological polar surface area (TPSA) is 78.9 Å². The molecule has 1 atom stereocenters. The van der Waals surface area contributed by atoms with Gasteiger partial charge in [0.05, 0.1) is 0 Å². The van der Waals surface area contributed by atoms with Gasteiger partial charge in [0.2, 0.25) is 0 Å². The minimum Gasteiger partial charge on any atom is -0.462 e. The molecule has 0 aliphatic rings. The lowest BCUT2D eigenvalue weighted by Gasteiger charge is -2.18. The van der Waals surface area contributed by atoms with Crippen molar-refractivity contribution in [3.63, 3.8) is 0 Å². The Kier molecular flexibility index (Phi) is 46.8. The first kappa shape index (κ1) is 56.9. The summed E-state index contributed by atoms with van der Waals surface area (Å²) in [7, 11) is 0. The van der Waals surface area contributed by atoms with Crippen molar-refractivity contribution in [1.29, 1.82) is 0 Å². The van der Waals surface area contributed by atoms with Gasteiger partial charge in [0.25, 0.3) is 0 Å². The third-order valence-electron chi connectivity index (χ3n) is 11.4. The quantitative estimate of drug-likeness (QED) is 0.0263. The van der Waals surface area contributed by atoms with Crippen molar-refractivity contribution in [3.8, 4) is 0 Å². The van der Waals surface area contributed by atoms with E-state index < -0.39 is 6.10 Å². The van der Waals surface area contributed by atoms with E-state index in [0.29, 0.717) is 19.3 Å². The Morgan fingerprint density at radius 3 is 0.847 bits per heavy atom. The maximum absolute atomic E-state index is 12.7. The second kappa shape index (κ2) is 48.6. The average molecular weight is 831 g/mol. The summed E-state index contributed by atoms with van der Waals surface area (Å²) in [5.41, 5.74) is 0. The average Bonchev–Trinajstić information content (AvgIpc) is 3.23. The molecular weight excluding hydrogens is 733 g/mol. The molecule has 0 bridgehead atoms. The molecule has 346 valence electrons. The summed E-state index contributed by atoms with van der Waals surface area (Å²) in [4.78, 5) is 37.8. The molecule has 0 rings (SSSR count). The van der Waals surface area contributed by atoms with Gasteiger partial charge in [0.15, 0.2) is 6.10 Å². The summed E-state index contributed by atoms with van der Waals surface area (Å²) in [6, 6.07) is 0. The fourth-order valence-corrected chi connectivity index (χ4v) is 7.49. The number of hydrogen-bond acceptors (Lipinski definition) is 6. The largest absolute Gasteiger partial charge is 0.462 e. The molecule has 0 saturated carbocycles. The highest BCUT2D eigenvalue weighted by Crippen LogP contribution is 2.15. The van der Waals surface area contributed by atoms with Gasteiger partial charge in [-0.1, -0.05) is 212 Å². The highest BCUT2D eigenvalue weighted by molar-refractivity contribution is 5.71. The Morgan fingerprint density at radius 2 is 0.559 bits per heavy atom. The molecule has 0 saturated heterocycles. The molecule has 0 aromatic carbocycles. The van der Waals surface area contributed by atoms with Gasteiger partial charge in [-0.05, 0) is 70.6 Å². The Bertz CT molecular complexity index is 958. The van der Waals surface area contributed by atoms with E-state index in [0.717, 1.165) is 64.2 Å². The molecular formula is C53H98O6. The molecule has 6 nitrogen and oxygen atoms in total. The first-order valence-electron chi connectivity index (χ1n) is 25.8. The molecule has 0 heterocycles. The number of unbranched alkanes of at least 4 members (excludes halogenated alkanes) is 32. The smallest absolute Gasteiger partial charge is 0.306 e. The van der Waals surface area contributed by atoms with E-state index in [9.17, 15) is 14.4 Å². The van der Waals surface area contributed by atoms with E-state index in [1.165, 1.54) is 173 Å². The first-order valence-corrected chi connectivity index (χ1v) is 25.8. The van der Waals surface area contributed by atoms with Crippen LogP contribution in [0.3, 0.4) is 0 Å². The molecule has 0 spiro atoms. The number of hydrogen-bond donors (Lipinski definition) is 0. The second-order valence-corrected chi connectivity index (χ2v) is 17.4. The second-order valence-electron chi connectivity index (χ2n) is 17.4. The van der Waals surface area contributed by atoms with Crippen molar-refractivity contribution in [2.45, 2.75) is 284 Å². The van der Waals surface area contributed by atoms with Gasteiger partial charge in [-0.15, -0.1) is 0 Å². The number of carbonyl (C=O) groups is 3. The van der Waals surface area contributed by atoms with Crippen LogP contribution in [-0.2, 0) is 28.6 Å². The lowest BCUT2D eigenvalue weighted by molar-refractivity contribution is -0.167. The summed E-state index contributed by atoms with van der Waals surface area (Å²) in [6.45, 7) is 6.60. The summed E-state index contributed by atoms with van der Waals surface area (Å²) in [6.07, 6.45) is 54.6. The van der Waals surface area contributed by atoms with Crippen LogP contribution in [0.4, 0.5) is 0 Å². The number of rotatable bonds is 47. The van der Waals surface area contributed by atoms with Gasteiger partial charge in [-0.25, -0.2) is 0 Å². The fourth-order valence-electron chi connectivity index (χ4n) is 7.49. The van der Waals surface area contributed by atoms with Gasteiger partial charge in [0, 0.05) is 19.3 Å². The Morgan fingerprint density at radius 1 is 0.322 bits per heavy atom. The van der Waals surface area contributed by atoms with Gasteiger partial charge in [-0.3, -0.25) is 14.4 Å². The highest BCUT2D eigenvalue weighted by Gasteiger charge is 2.19. The van der Waals surface area contributed by atoms with Crippen LogP contribution in [0.15, 0.2) is 24.3 Å². The monoisotopic (exact) mass is 831 g/mol. The summed E-state index contributed by atoms with van der Waals surface area (Å²) < 4.78 is 16.7.